The minimum atomic E-state index is 0.0193. The summed E-state index contributed by atoms with van der Waals surface area (Å²) in [7, 11) is 0. The van der Waals surface area contributed by atoms with Gasteiger partial charge in [0.15, 0.2) is 5.78 Å². The second-order valence-corrected chi connectivity index (χ2v) is 11.7. The maximum atomic E-state index is 13.2. The van der Waals surface area contributed by atoms with Crippen LogP contribution >= 0.6 is 0 Å². The molecule has 4 atom stereocenters. The monoisotopic (exact) mass is 548 g/mol. The van der Waals surface area contributed by atoms with E-state index in [0.29, 0.717) is 23.2 Å². The average molecular weight is 549 g/mol. The third-order valence-electron chi connectivity index (χ3n) is 9.17. The number of morpholine rings is 2. The number of hydrogen-bond acceptors (Lipinski definition) is 7. The van der Waals surface area contributed by atoms with E-state index in [4.69, 9.17) is 18.9 Å². The molecule has 40 heavy (non-hydrogen) atoms. The summed E-state index contributed by atoms with van der Waals surface area (Å²) in [6.07, 6.45) is 9.80. The van der Waals surface area contributed by atoms with Crippen molar-refractivity contribution in [1.29, 1.82) is 0 Å². The van der Waals surface area contributed by atoms with Gasteiger partial charge in [-0.1, -0.05) is 12.8 Å². The van der Waals surface area contributed by atoms with Crippen LogP contribution in [-0.4, -0.2) is 92.5 Å². The summed E-state index contributed by atoms with van der Waals surface area (Å²) >= 11 is 0. The van der Waals surface area contributed by atoms with Crippen molar-refractivity contribution in [2.24, 2.45) is 0 Å². The van der Waals surface area contributed by atoms with Gasteiger partial charge in [-0.15, -0.1) is 0 Å². The molecule has 2 saturated carbocycles. The van der Waals surface area contributed by atoms with E-state index in [1.807, 2.05) is 48.5 Å². The van der Waals surface area contributed by atoms with E-state index in [1.54, 1.807) is 0 Å². The highest BCUT2D eigenvalue weighted by Gasteiger charge is 2.34. The Bertz CT molecular complexity index is 994. The topological polar surface area (TPSA) is 60.5 Å². The summed E-state index contributed by atoms with van der Waals surface area (Å²) in [5, 5.41) is 0. The van der Waals surface area contributed by atoms with Crippen LogP contribution in [0.1, 0.15) is 67.3 Å². The van der Waals surface area contributed by atoms with Crippen LogP contribution in [0.15, 0.2) is 48.5 Å². The van der Waals surface area contributed by atoms with Gasteiger partial charge in [-0.2, -0.15) is 0 Å². The molecule has 4 aliphatic rings. The van der Waals surface area contributed by atoms with E-state index in [-0.39, 0.29) is 18.0 Å². The Kier molecular flexibility index (Phi) is 9.33. The second kappa shape index (κ2) is 13.5. The Morgan fingerprint density at radius 2 is 0.950 bits per heavy atom. The van der Waals surface area contributed by atoms with Gasteiger partial charge in [0.25, 0.3) is 0 Å². The summed E-state index contributed by atoms with van der Waals surface area (Å²) < 4.78 is 24.1. The van der Waals surface area contributed by atoms with Crippen LogP contribution in [-0.2, 0) is 9.47 Å². The molecule has 2 aromatic rings. The second-order valence-electron chi connectivity index (χ2n) is 11.7. The zero-order valence-corrected chi connectivity index (χ0v) is 23.7. The highest BCUT2D eigenvalue weighted by Crippen LogP contribution is 2.30. The van der Waals surface area contributed by atoms with Crippen LogP contribution in [0.25, 0.3) is 0 Å². The Morgan fingerprint density at radius 1 is 0.575 bits per heavy atom. The lowest BCUT2D eigenvalue weighted by Crippen LogP contribution is -2.52. The van der Waals surface area contributed by atoms with Crippen molar-refractivity contribution in [2.75, 3.05) is 52.6 Å². The van der Waals surface area contributed by atoms with E-state index in [9.17, 15) is 4.79 Å². The first-order valence-electron chi connectivity index (χ1n) is 15.5. The van der Waals surface area contributed by atoms with Crippen molar-refractivity contribution in [2.45, 2.75) is 75.7 Å². The Hall–Kier alpha value is -2.45. The van der Waals surface area contributed by atoms with E-state index in [0.717, 1.165) is 76.9 Å². The lowest BCUT2D eigenvalue weighted by atomic mass is 9.90. The average Bonchev–Trinajstić information content (AvgIpc) is 3.03. The molecule has 0 spiro atoms. The summed E-state index contributed by atoms with van der Waals surface area (Å²) in [5.74, 6) is 1.70. The molecule has 2 aromatic carbocycles. The fourth-order valence-electron chi connectivity index (χ4n) is 6.97. The first-order valence-corrected chi connectivity index (χ1v) is 15.5. The maximum absolute atomic E-state index is 13.2. The van der Waals surface area contributed by atoms with Gasteiger partial charge in [0.1, 0.15) is 23.7 Å². The lowest BCUT2D eigenvalue weighted by Gasteiger charge is -2.41. The zero-order chi connectivity index (χ0) is 27.1. The number of rotatable bonds is 8. The van der Waals surface area contributed by atoms with Gasteiger partial charge in [-0.25, -0.2) is 0 Å². The summed E-state index contributed by atoms with van der Waals surface area (Å²) in [6, 6.07) is 16.2. The maximum Gasteiger partial charge on any atom is 0.193 e. The first kappa shape index (κ1) is 27.7. The zero-order valence-electron chi connectivity index (χ0n) is 23.7. The highest BCUT2D eigenvalue weighted by molar-refractivity contribution is 6.09. The molecule has 7 nitrogen and oxygen atoms in total. The van der Waals surface area contributed by atoms with Crippen LogP contribution in [0.3, 0.4) is 0 Å². The molecule has 7 heteroatoms. The van der Waals surface area contributed by atoms with Crippen LogP contribution < -0.4 is 9.47 Å². The normalized spacial score (nSPS) is 28.6. The number of ketones is 1. The summed E-state index contributed by atoms with van der Waals surface area (Å²) in [5.41, 5.74) is 1.35. The van der Waals surface area contributed by atoms with Gasteiger partial charge in [0.05, 0.1) is 26.4 Å². The van der Waals surface area contributed by atoms with Gasteiger partial charge in [-0.3, -0.25) is 14.6 Å². The summed E-state index contributed by atoms with van der Waals surface area (Å²) in [6.45, 7) is 7.16. The molecule has 2 heterocycles. The molecule has 0 N–H and O–H groups in total. The van der Waals surface area contributed by atoms with Crippen LogP contribution in [0, 0.1) is 0 Å². The largest absolute Gasteiger partial charge is 0.489 e. The van der Waals surface area contributed by atoms with E-state index >= 15 is 0 Å². The molecule has 216 valence electrons. The molecule has 4 unspecified atom stereocenters. The molecular weight excluding hydrogens is 504 g/mol. The molecule has 4 fully saturated rings. The predicted molar refractivity (Wildman–Crippen MR) is 154 cm³/mol. The molecular formula is C33H44N2O5. The number of carbonyl (C=O) groups excluding carboxylic acids is 1. The predicted octanol–water partition coefficient (Wildman–Crippen LogP) is 4.96. The Morgan fingerprint density at radius 3 is 1.35 bits per heavy atom. The molecule has 0 bridgehead atoms. The summed E-state index contributed by atoms with van der Waals surface area (Å²) in [4.78, 5) is 18.3. The minimum Gasteiger partial charge on any atom is -0.489 e. The number of hydrogen-bond donors (Lipinski definition) is 0. The SMILES string of the molecule is O=C(c1ccc(OC2CCCCC2N2CCOCC2)cc1)c1ccc(OC2CCCCC2N2CCOCC2)cc1. The Balaban J connectivity index is 1.05. The van der Waals surface area contributed by atoms with Crippen LogP contribution in [0.2, 0.25) is 0 Å². The van der Waals surface area contributed by atoms with Crippen molar-refractivity contribution >= 4 is 5.78 Å². The van der Waals surface area contributed by atoms with Gasteiger partial charge < -0.3 is 18.9 Å². The van der Waals surface area contributed by atoms with E-state index < -0.39 is 0 Å². The van der Waals surface area contributed by atoms with Crippen molar-refractivity contribution in [3.8, 4) is 11.5 Å². The van der Waals surface area contributed by atoms with Gasteiger partial charge in [0.2, 0.25) is 0 Å². The van der Waals surface area contributed by atoms with Crippen LogP contribution in [0.4, 0.5) is 0 Å². The molecule has 6 rings (SSSR count). The third-order valence-corrected chi connectivity index (χ3v) is 9.17. The minimum absolute atomic E-state index is 0.0193. The molecule has 2 aliphatic heterocycles. The number of ether oxygens (including phenoxy) is 4. The quantitative estimate of drug-likeness (QED) is 0.432. The molecule has 0 radical (unpaired) electrons. The van der Waals surface area contributed by atoms with E-state index in [2.05, 4.69) is 9.80 Å². The molecule has 0 amide bonds. The number of carbonyl (C=O) groups is 1. The van der Waals surface area contributed by atoms with Crippen molar-refractivity contribution in [3.63, 3.8) is 0 Å². The highest BCUT2D eigenvalue weighted by atomic mass is 16.5. The standard InChI is InChI=1S/C33H44N2O5/c36-33(25-9-13-27(14-10-25)39-31-7-3-1-5-29(31)34-17-21-37-22-18-34)26-11-15-28(16-12-26)40-32-8-4-2-6-30(32)35-19-23-38-24-20-35/h9-16,29-32H,1-8,17-24H2. The van der Waals surface area contributed by atoms with Gasteiger partial charge >= 0.3 is 0 Å². The number of nitrogens with zero attached hydrogens (tertiary/aromatic N) is 2. The van der Waals surface area contributed by atoms with E-state index in [1.165, 1.54) is 38.5 Å². The van der Waals surface area contributed by atoms with Gasteiger partial charge in [0, 0.05) is 49.4 Å². The molecule has 2 saturated heterocycles. The van der Waals surface area contributed by atoms with Crippen LogP contribution in [0.5, 0.6) is 11.5 Å². The number of benzene rings is 2. The van der Waals surface area contributed by atoms with Gasteiger partial charge in [-0.05, 0) is 87.1 Å². The third kappa shape index (κ3) is 6.71. The molecule has 2 aliphatic carbocycles. The fourth-order valence-corrected chi connectivity index (χ4v) is 6.97. The molecule has 0 aromatic heterocycles. The smallest absolute Gasteiger partial charge is 0.193 e. The lowest BCUT2D eigenvalue weighted by molar-refractivity contribution is -0.0282. The Labute approximate surface area is 238 Å². The van der Waals surface area contributed by atoms with Crippen molar-refractivity contribution in [1.82, 2.24) is 9.80 Å². The van der Waals surface area contributed by atoms with Crippen molar-refractivity contribution in [3.05, 3.63) is 59.7 Å². The first-order chi connectivity index (χ1) is 19.7. The van der Waals surface area contributed by atoms with Crippen molar-refractivity contribution < 1.29 is 23.7 Å². The fraction of sp³-hybridized carbons (Fsp3) is 0.606.